The third-order valence-corrected chi connectivity index (χ3v) is 2.82. The van der Waals surface area contributed by atoms with Crippen LogP contribution in [-0.2, 0) is 0 Å². The maximum atomic E-state index is 4.41. The number of hydrogen-bond acceptors (Lipinski definition) is 1. The summed E-state index contributed by atoms with van der Waals surface area (Å²) < 4.78 is 2.26. The van der Waals surface area contributed by atoms with Crippen LogP contribution in [0.4, 0.5) is 0 Å². The number of nitrogens with zero attached hydrogens (tertiary/aromatic N) is 2. The van der Waals surface area contributed by atoms with Gasteiger partial charge in [0.15, 0.2) is 0 Å². The van der Waals surface area contributed by atoms with Crippen molar-refractivity contribution in [2.75, 3.05) is 0 Å². The molecule has 2 aromatic rings. The summed E-state index contributed by atoms with van der Waals surface area (Å²) >= 11 is 0. The topological polar surface area (TPSA) is 17.8 Å². The van der Waals surface area contributed by atoms with E-state index in [1.54, 1.807) is 0 Å². The molecule has 1 aliphatic carbocycles. The van der Waals surface area contributed by atoms with Crippen molar-refractivity contribution >= 4 is 11.0 Å². The number of pyridine rings is 1. The Labute approximate surface area is 82.9 Å². The summed E-state index contributed by atoms with van der Waals surface area (Å²) in [6.45, 7) is 0. The summed E-state index contributed by atoms with van der Waals surface area (Å²) in [5.41, 5.74) is 1.10. The SMILES string of the molecule is C1=CC(n2ccc3cccnc32)CC1. The van der Waals surface area contributed by atoms with Gasteiger partial charge in [-0.05, 0) is 31.0 Å². The lowest BCUT2D eigenvalue weighted by Crippen LogP contribution is -2.02. The van der Waals surface area contributed by atoms with Gasteiger partial charge in [-0.2, -0.15) is 0 Å². The van der Waals surface area contributed by atoms with Crippen molar-refractivity contribution in [2.24, 2.45) is 0 Å². The third-order valence-electron chi connectivity index (χ3n) is 2.82. The van der Waals surface area contributed by atoms with Gasteiger partial charge in [0.05, 0.1) is 6.04 Å². The maximum Gasteiger partial charge on any atom is 0.140 e. The van der Waals surface area contributed by atoms with Crippen molar-refractivity contribution in [1.82, 2.24) is 9.55 Å². The lowest BCUT2D eigenvalue weighted by molar-refractivity contribution is 0.606. The summed E-state index contributed by atoms with van der Waals surface area (Å²) in [5.74, 6) is 0. The highest BCUT2D eigenvalue weighted by Gasteiger charge is 2.13. The second-order valence-electron chi connectivity index (χ2n) is 3.71. The van der Waals surface area contributed by atoms with E-state index in [0.29, 0.717) is 6.04 Å². The summed E-state index contributed by atoms with van der Waals surface area (Å²) in [6, 6.07) is 6.74. The van der Waals surface area contributed by atoms with Gasteiger partial charge in [-0.25, -0.2) is 4.98 Å². The van der Waals surface area contributed by atoms with Gasteiger partial charge in [0.25, 0.3) is 0 Å². The Balaban J connectivity index is 2.16. The molecule has 2 heteroatoms. The fourth-order valence-corrected chi connectivity index (χ4v) is 2.10. The Morgan fingerprint density at radius 1 is 1.36 bits per heavy atom. The molecule has 1 atom stereocenters. The van der Waals surface area contributed by atoms with Crippen molar-refractivity contribution in [3.63, 3.8) is 0 Å². The van der Waals surface area contributed by atoms with Crippen molar-refractivity contribution < 1.29 is 0 Å². The molecule has 2 aromatic heterocycles. The van der Waals surface area contributed by atoms with Crippen LogP contribution in [0, 0.1) is 0 Å². The molecular weight excluding hydrogens is 172 g/mol. The number of aromatic nitrogens is 2. The largest absolute Gasteiger partial charge is 0.326 e. The maximum absolute atomic E-state index is 4.41. The molecule has 1 unspecified atom stereocenters. The summed E-state index contributed by atoms with van der Waals surface area (Å²) in [5, 5.41) is 1.23. The lowest BCUT2D eigenvalue weighted by atomic mass is 10.2. The zero-order valence-electron chi connectivity index (χ0n) is 7.93. The molecule has 2 nitrogen and oxygen atoms in total. The summed E-state index contributed by atoms with van der Waals surface area (Å²) in [7, 11) is 0. The normalized spacial score (nSPS) is 20.7. The minimum absolute atomic E-state index is 0.516. The summed E-state index contributed by atoms with van der Waals surface area (Å²) in [4.78, 5) is 4.41. The molecular formula is C12H12N2. The molecule has 0 amide bonds. The van der Waals surface area contributed by atoms with Crippen molar-refractivity contribution in [1.29, 1.82) is 0 Å². The molecule has 70 valence electrons. The van der Waals surface area contributed by atoms with Crippen LogP contribution in [0.15, 0.2) is 42.7 Å². The molecule has 0 saturated heterocycles. The Morgan fingerprint density at radius 3 is 3.21 bits per heavy atom. The van der Waals surface area contributed by atoms with E-state index < -0.39 is 0 Å². The molecule has 2 heterocycles. The van der Waals surface area contributed by atoms with Crippen LogP contribution in [0.3, 0.4) is 0 Å². The fourth-order valence-electron chi connectivity index (χ4n) is 2.10. The van der Waals surface area contributed by atoms with E-state index in [0.717, 1.165) is 5.65 Å². The number of rotatable bonds is 1. The summed E-state index contributed by atoms with van der Waals surface area (Å²) in [6.07, 6.45) is 10.9. The highest BCUT2D eigenvalue weighted by molar-refractivity contribution is 5.76. The molecule has 0 bridgehead atoms. The Bertz CT molecular complexity index is 482. The van der Waals surface area contributed by atoms with Crippen LogP contribution < -0.4 is 0 Å². The second-order valence-corrected chi connectivity index (χ2v) is 3.71. The number of allylic oxidation sites excluding steroid dienone is 2. The molecule has 0 aliphatic heterocycles. The first-order chi connectivity index (χ1) is 6.95. The van der Waals surface area contributed by atoms with E-state index in [1.807, 2.05) is 12.3 Å². The van der Waals surface area contributed by atoms with Crippen molar-refractivity contribution in [3.8, 4) is 0 Å². The minimum Gasteiger partial charge on any atom is -0.326 e. The fraction of sp³-hybridized carbons (Fsp3) is 0.250. The van der Waals surface area contributed by atoms with Gasteiger partial charge in [0.2, 0.25) is 0 Å². The molecule has 0 fully saturated rings. The number of hydrogen-bond donors (Lipinski definition) is 0. The zero-order valence-corrected chi connectivity index (χ0v) is 7.93. The average Bonchev–Trinajstić information content (AvgIpc) is 2.85. The van der Waals surface area contributed by atoms with E-state index in [2.05, 4.69) is 40.0 Å². The second kappa shape index (κ2) is 2.98. The molecule has 1 aliphatic rings. The van der Waals surface area contributed by atoms with E-state index in [4.69, 9.17) is 0 Å². The van der Waals surface area contributed by atoms with E-state index >= 15 is 0 Å². The Morgan fingerprint density at radius 2 is 2.36 bits per heavy atom. The standard InChI is InChI=1S/C12H12N2/c1-2-6-11(5-1)14-9-7-10-4-3-8-13-12(10)14/h1,3-5,7-9,11H,2,6H2. The van der Waals surface area contributed by atoms with Crippen LogP contribution in [0.25, 0.3) is 11.0 Å². The van der Waals surface area contributed by atoms with Gasteiger partial charge >= 0.3 is 0 Å². The van der Waals surface area contributed by atoms with E-state index in [1.165, 1.54) is 18.2 Å². The van der Waals surface area contributed by atoms with Crippen LogP contribution in [0.5, 0.6) is 0 Å². The predicted molar refractivity (Wildman–Crippen MR) is 57.1 cm³/mol. The minimum atomic E-state index is 0.516. The highest BCUT2D eigenvalue weighted by Crippen LogP contribution is 2.26. The Kier molecular flexibility index (Phi) is 1.66. The molecule has 0 radical (unpaired) electrons. The van der Waals surface area contributed by atoms with Crippen LogP contribution in [0.1, 0.15) is 18.9 Å². The van der Waals surface area contributed by atoms with Crippen LogP contribution in [-0.4, -0.2) is 9.55 Å². The quantitative estimate of drug-likeness (QED) is 0.623. The van der Waals surface area contributed by atoms with Gasteiger partial charge in [-0.3, -0.25) is 0 Å². The average molecular weight is 184 g/mol. The van der Waals surface area contributed by atoms with E-state index in [-0.39, 0.29) is 0 Å². The lowest BCUT2D eigenvalue weighted by Gasteiger charge is -2.10. The zero-order chi connectivity index (χ0) is 9.38. The molecule has 0 saturated carbocycles. The van der Waals surface area contributed by atoms with Gasteiger partial charge in [0.1, 0.15) is 5.65 Å². The van der Waals surface area contributed by atoms with Crippen molar-refractivity contribution in [3.05, 3.63) is 42.7 Å². The first kappa shape index (κ1) is 7.80. The van der Waals surface area contributed by atoms with Gasteiger partial charge < -0.3 is 4.57 Å². The first-order valence-corrected chi connectivity index (χ1v) is 5.03. The van der Waals surface area contributed by atoms with Gasteiger partial charge in [0, 0.05) is 17.8 Å². The van der Waals surface area contributed by atoms with Gasteiger partial charge in [-0.1, -0.05) is 12.2 Å². The molecule has 0 N–H and O–H groups in total. The number of fused-ring (bicyclic) bond motifs is 1. The first-order valence-electron chi connectivity index (χ1n) is 5.03. The monoisotopic (exact) mass is 184 g/mol. The van der Waals surface area contributed by atoms with Crippen LogP contribution in [0.2, 0.25) is 0 Å². The predicted octanol–water partition coefficient (Wildman–Crippen LogP) is 2.93. The smallest absolute Gasteiger partial charge is 0.140 e. The Hall–Kier alpha value is -1.57. The molecule has 14 heavy (non-hydrogen) atoms. The van der Waals surface area contributed by atoms with Crippen LogP contribution >= 0.6 is 0 Å². The molecule has 3 rings (SSSR count). The van der Waals surface area contributed by atoms with Gasteiger partial charge in [-0.15, -0.1) is 0 Å². The molecule has 0 aromatic carbocycles. The third kappa shape index (κ3) is 1.07. The van der Waals surface area contributed by atoms with Crippen molar-refractivity contribution in [2.45, 2.75) is 18.9 Å². The highest BCUT2D eigenvalue weighted by atomic mass is 15.1. The molecule has 0 spiro atoms. The van der Waals surface area contributed by atoms with E-state index in [9.17, 15) is 0 Å².